The third-order valence-electron chi connectivity index (χ3n) is 8.78. The summed E-state index contributed by atoms with van der Waals surface area (Å²) in [7, 11) is 4.88. The molecule has 1 heterocycles. The highest BCUT2D eigenvalue weighted by atomic mass is 16.5. The number of carbonyl (C=O) groups excluding carboxylic acids is 3. The number of methoxy groups -OCH3 is 2. The maximum absolute atomic E-state index is 13.8. The smallest absolute Gasteiger partial charge is 0.326 e. The van der Waals surface area contributed by atoms with Crippen molar-refractivity contribution in [3.63, 3.8) is 0 Å². The first kappa shape index (κ1) is 36.2. The molecule has 1 aliphatic heterocycles. The van der Waals surface area contributed by atoms with Gasteiger partial charge in [0.15, 0.2) is 0 Å². The van der Waals surface area contributed by atoms with Crippen molar-refractivity contribution in [1.82, 2.24) is 15.1 Å². The van der Waals surface area contributed by atoms with Gasteiger partial charge in [0.1, 0.15) is 6.04 Å². The number of hydrogen-bond acceptors (Lipinski definition) is 6. The summed E-state index contributed by atoms with van der Waals surface area (Å²) in [6.07, 6.45) is 1.79. The molecule has 10 nitrogen and oxygen atoms in total. The largest absolute Gasteiger partial charge is 0.480 e. The van der Waals surface area contributed by atoms with Gasteiger partial charge in [-0.15, -0.1) is 0 Å². The van der Waals surface area contributed by atoms with Crippen LogP contribution in [-0.2, 0) is 35.1 Å². The molecule has 1 aromatic carbocycles. The summed E-state index contributed by atoms with van der Waals surface area (Å²) in [6.45, 7) is 10.4. The van der Waals surface area contributed by atoms with Gasteiger partial charge in [-0.1, -0.05) is 71.4 Å². The number of likely N-dealkylation sites (tertiary alicyclic amines) is 1. The number of carbonyl (C=O) groups is 4. The number of nitrogens with zero attached hydrogens (tertiary/aromatic N) is 2. The molecule has 1 aromatic rings. The van der Waals surface area contributed by atoms with Crippen LogP contribution in [0.2, 0.25) is 0 Å². The Labute approximate surface area is 257 Å². The minimum Gasteiger partial charge on any atom is -0.480 e. The SMILES string of the molecule is CCC(C)[C@@H](C(CC(=O)N1CCC[C@H]1[C@H](OC)C(C)C(=O)N[C@@H](Cc1ccccc1)C(=O)O)OC)N(C)C(=O)CC(C)C. The number of ether oxygens (including phenoxy) is 2. The summed E-state index contributed by atoms with van der Waals surface area (Å²) >= 11 is 0. The van der Waals surface area contributed by atoms with Crippen LogP contribution in [0.3, 0.4) is 0 Å². The molecular formula is C33H53N3O7. The molecule has 7 atom stereocenters. The molecular weight excluding hydrogens is 550 g/mol. The van der Waals surface area contributed by atoms with E-state index >= 15 is 0 Å². The van der Waals surface area contributed by atoms with Gasteiger partial charge in [-0.05, 0) is 30.2 Å². The van der Waals surface area contributed by atoms with E-state index in [9.17, 15) is 24.3 Å². The van der Waals surface area contributed by atoms with E-state index in [1.165, 1.54) is 7.11 Å². The molecule has 1 fully saturated rings. The summed E-state index contributed by atoms with van der Waals surface area (Å²) < 4.78 is 11.7. The molecule has 0 aromatic heterocycles. The van der Waals surface area contributed by atoms with Crippen LogP contribution in [0, 0.1) is 17.8 Å². The Morgan fingerprint density at radius 1 is 1.05 bits per heavy atom. The molecule has 3 amide bonds. The number of aliphatic carboxylic acids is 1. The second kappa shape index (κ2) is 17.3. The average molecular weight is 604 g/mol. The Morgan fingerprint density at radius 3 is 2.23 bits per heavy atom. The Bertz CT molecular complexity index is 1050. The molecule has 242 valence electrons. The number of hydrogen-bond donors (Lipinski definition) is 2. The molecule has 1 saturated heterocycles. The Balaban J connectivity index is 2.18. The van der Waals surface area contributed by atoms with Gasteiger partial charge in [-0.2, -0.15) is 0 Å². The lowest BCUT2D eigenvalue weighted by atomic mass is 9.90. The van der Waals surface area contributed by atoms with Crippen molar-refractivity contribution in [1.29, 1.82) is 0 Å². The van der Waals surface area contributed by atoms with Crippen LogP contribution >= 0.6 is 0 Å². The number of carboxylic acids is 1. The fourth-order valence-corrected chi connectivity index (χ4v) is 6.17. The summed E-state index contributed by atoms with van der Waals surface area (Å²) in [4.78, 5) is 55.6. The number of rotatable bonds is 17. The lowest BCUT2D eigenvalue weighted by Crippen LogP contribution is -2.54. The van der Waals surface area contributed by atoms with E-state index in [1.54, 1.807) is 30.9 Å². The van der Waals surface area contributed by atoms with E-state index in [4.69, 9.17) is 9.47 Å². The zero-order valence-corrected chi connectivity index (χ0v) is 27.2. The molecule has 43 heavy (non-hydrogen) atoms. The van der Waals surface area contributed by atoms with E-state index in [0.29, 0.717) is 19.4 Å². The van der Waals surface area contributed by atoms with Crippen molar-refractivity contribution in [3.8, 4) is 0 Å². The highest BCUT2D eigenvalue weighted by Crippen LogP contribution is 2.29. The first-order valence-corrected chi connectivity index (χ1v) is 15.5. The Morgan fingerprint density at radius 2 is 1.70 bits per heavy atom. The maximum atomic E-state index is 13.8. The van der Waals surface area contributed by atoms with E-state index < -0.39 is 36.0 Å². The van der Waals surface area contributed by atoms with Crippen molar-refractivity contribution in [2.24, 2.45) is 17.8 Å². The topological polar surface area (TPSA) is 125 Å². The Kier molecular flexibility index (Phi) is 14.6. The molecule has 3 unspecified atom stereocenters. The number of likely N-dealkylation sites (N-methyl/N-ethyl adjacent to an activating group) is 1. The standard InChI is InChI=1S/C33H53N3O7/c1-9-22(4)30(35(6)28(37)18-21(2)3)27(42-7)20-29(38)36-17-13-16-26(36)31(43-8)23(5)32(39)34-25(33(40)41)19-24-14-11-10-12-15-24/h10-12,14-15,21-23,25-27,30-31H,9,13,16-20H2,1-8H3,(H,34,39)(H,40,41)/t22?,23?,25-,26-,27?,30-,31+/m0/s1. The molecule has 1 aliphatic rings. The highest BCUT2D eigenvalue weighted by Gasteiger charge is 2.42. The van der Waals surface area contributed by atoms with Crippen LogP contribution in [0.15, 0.2) is 30.3 Å². The summed E-state index contributed by atoms with van der Waals surface area (Å²) in [5.41, 5.74) is 0.804. The lowest BCUT2D eigenvalue weighted by molar-refractivity contribution is -0.147. The summed E-state index contributed by atoms with van der Waals surface area (Å²) in [5, 5.41) is 12.5. The first-order chi connectivity index (χ1) is 20.4. The lowest BCUT2D eigenvalue weighted by Gasteiger charge is -2.39. The van der Waals surface area contributed by atoms with E-state index in [1.807, 2.05) is 44.2 Å². The predicted molar refractivity (Wildman–Crippen MR) is 165 cm³/mol. The molecule has 0 radical (unpaired) electrons. The van der Waals surface area contributed by atoms with Crippen LogP contribution in [0.5, 0.6) is 0 Å². The number of benzene rings is 1. The number of amides is 3. The number of nitrogens with one attached hydrogen (secondary N) is 1. The monoisotopic (exact) mass is 603 g/mol. The van der Waals surface area contributed by atoms with Gasteiger partial charge in [-0.25, -0.2) is 4.79 Å². The second-order valence-electron chi connectivity index (χ2n) is 12.3. The van der Waals surface area contributed by atoms with Gasteiger partial charge in [0.05, 0.1) is 36.6 Å². The van der Waals surface area contributed by atoms with Gasteiger partial charge >= 0.3 is 5.97 Å². The second-order valence-corrected chi connectivity index (χ2v) is 12.3. The quantitative estimate of drug-likeness (QED) is 0.278. The zero-order valence-electron chi connectivity index (χ0n) is 27.2. The highest BCUT2D eigenvalue weighted by molar-refractivity contribution is 5.85. The molecule has 0 saturated carbocycles. The number of carboxylic acid groups (broad SMARTS) is 1. The normalized spacial score (nSPS) is 19.3. The molecule has 2 N–H and O–H groups in total. The van der Waals surface area contributed by atoms with Crippen molar-refractivity contribution in [2.75, 3.05) is 27.8 Å². The van der Waals surface area contributed by atoms with Gasteiger partial charge in [0.25, 0.3) is 0 Å². The van der Waals surface area contributed by atoms with Crippen molar-refractivity contribution in [2.45, 2.75) is 103 Å². The average Bonchev–Trinajstić information content (AvgIpc) is 3.46. The Hall–Kier alpha value is -2.98. The minimum absolute atomic E-state index is 0.0278. The third-order valence-corrected chi connectivity index (χ3v) is 8.78. The molecule has 0 aliphatic carbocycles. The summed E-state index contributed by atoms with van der Waals surface area (Å²) in [5.74, 6) is -2.02. The molecule has 0 bridgehead atoms. The van der Waals surface area contributed by atoms with Crippen molar-refractivity contribution < 1.29 is 33.8 Å². The fraction of sp³-hybridized carbons (Fsp3) is 0.697. The van der Waals surface area contributed by atoms with Crippen LogP contribution in [0.4, 0.5) is 0 Å². The van der Waals surface area contributed by atoms with Crippen LogP contribution in [-0.4, -0.2) is 96.7 Å². The molecule has 0 spiro atoms. The zero-order chi connectivity index (χ0) is 32.3. The van der Waals surface area contributed by atoms with Crippen LogP contribution in [0.1, 0.15) is 72.3 Å². The van der Waals surface area contributed by atoms with Gasteiger partial charge in [0.2, 0.25) is 17.7 Å². The third kappa shape index (κ3) is 10.0. The van der Waals surface area contributed by atoms with E-state index in [0.717, 1.165) is 18.4 Å². The van der Waals surface area contributed by atoms with E-state index in [2.05, 4.69) is 19.2 Å². The predicted octanol–water partition coefficient (Wildman–Crippen LogP) is 3.76. The minimum atomic E-state index is -1.12. The molecule has 10 heteroatoms. The van der Waals surface area contributed by atoms with Gasteiger partial charge in [-0.3, -0.25) is 14.4 Å². The van der Waals surface area contributed by atoms with E-state index in [-0.39, 0.29) is 48.6 Å². The van der Waals surface area contributed by atoms with Gasteiger partial charge in [0, 0.05) is 40.7 Å². The first-order valence-electron chi connectivity index (χ1n) is 15.5. The van der Waals surface area contributed by atoms with Crippen LogP contribution < -0.4 is 5.32 Å². The maximum Gasteiger partial charge on any atom is 0.326 e. The summed E-state index contributed by atoms with van der Waals surface area (Å²) in [6, 6.07) is 7.43. The molecule has 2 rings (SSSR count). The van der Waals surface area contributed by atoms with Crippen molar-refractivity contribution >= 4 is 23.7 Å². The van der Waals surface area contributed by atoms with Crippen molar-refractivity contribution in [3.05, 3.63) is 35.9 Å². The fourth-order valence-electron chi connectivity index (χ4n) is 6.17. The van der Waals surface area contributed by atoms with Crippen LogP contribution in [0.25, 0.3) is 0 Å². The van der Waals surface area contributed by atoms with Gasteiger partial charge < -0.3 is 29.7 Å².